The first kappa shape index (κ1) is 29.3. The summed E-state index contributed by atoms with van der Waals surface area (Å²) in [6.07, 6.45) is -10.1. The van der Waals surface area contributed by atoms with Crippen molar-refractivity contribution in [3.63, 3.8) is 0 Å². The summed E-state index contributed by atoms with van der Waals surface area (Å²) in [4.78, 5) is 0. The Bertz CT molecular complexity index is 825. The number of alkyl halides is 13. The highest BCUT2D eigenvalue weighted by Crippen LogP contribution is 2.61. The fraction of sp³-hybridized carbons (Fsp3) is 0.684. The van der Waals surface area contributed by atoms with Crippen molar-refractivity contribution in [1.29, 1.82) is 0 Å². The lowest BCUT2D eigenvalue weighted by Gasteiger charge is -2.41. The molecule has 1 aromatic carbocycles. The van der Waals surface area contributed by atoms with Gasteiger partial charge in [0.25, 0.3) is 0 Å². The molecule has 0 aliphatic carbocycles. The second-order valence-corrected chi connectivity index (χ2v) is 8.21. The van der Waals surface area contributed by atoms with Crippen molar-refractivity contribution in [2.75, 3.05) is 0 Å². The van der Waals surface area contributed by atoms with Gasteiger partial charge in [0.2, 0.25) is 0 Å². The Hall–Kier alpha value is -1.73. The Kier molecular flexibility index (Phi) is 7.54. The molecule has 0 aromatic heterocycles. The second-order valence-electron chi connectivity index (χ2n) is 8.21. The minimum Gasteiger partial charge on any atom is -0.385 e. The van der Waals surface area contributed by atoms with Crippen molar-refractivity contribution in [1.82, 2.24) is 0 Å². The zero-order valence-electron chi connectivity index (χ0n) is 17.2. The molecular weight excluding hydrogens is 491 g/mol. The van der Waals surface area contributed by atoms with Gasteiger partial charge in [0.15, 0.2) is 0 Å². The molecule has 192 valence electrons. The number of rotatable bonds is 9. The maximum Gasteiger partial charge on any atom is 0.460 e. The van der Waals surface area contributed by atoms with Gasteiger partial charge in [0.1, 0.15) is 0 Å². The summed E-state index contributed by atoms with van der Waals surface area (Å²) in [7, 11) is 0. The van der Waals surface area contributed by atoms with Crippen LogP contribution in [0.2, 0.25) is 0 Å². The highest BCUT2D eigenvalue weighted by atomic mass is 19.4. The Balaban J connectivity index is 3.50. The molecule has 0 fully saturated rings. The largest absolute Gasteiger partial charge is 0.460 e. The van der Waals surface area contributed by atoms with E-state index >= 15 is 0 Å². The molecule has 0 bridgehead atoms. The second kappa shape index (κ2) is 8.49. The summed E-state index contributed by atoms with van der Waals surface area (Å²) in [6, 6.07) is 4.73. The van der Waals surface area contributed by atoms with Gasteiger partial charge in [0, 0.05) is 0 Å². The molecule has 0 aliphatic rings. The molecule has 0 spiro atoms. The number of benzene rings is 1. The molecule has 1 nitrogen and oxygen atoms in total. The van der Waals surface area contributed by atoms with E-state index in [1.165, 1.54) is 12.1 Å². The van der Waals surface area contributed by atoms with Gasteiger partial charge in [-0.25, -0.2) is 0 Å². The Morgan fingerprint density at radius 3 is 1.55 bits per heavy atom. The van der Waals surface area contributed by atoms with Crippen LogP contribution >= 0.6 is 0 Å². The van der Waals surface area contributed by atoms with Crippen LogP contribution in [-0.4, -0.2) is 40.9 Å². The van der Waals surface area contributed by atoms with Crippen molar-refractivity contribution >= 4 is 0 Å². The number of hydrogen-bond donors (Lipinski definition) is 1. The molecule has 1 aromatic rings. The monoisotopic (exact) mass is 510 g/mol. The van der Waals surface area contributed by atoms with Gasteiger partial charge in [-0.3, -0.25) is 0 Å². The molecule has 0 saturated heterocycles. The average Bonchev–Trinajstić information content (AvgIpc) is 2.59. The van der Waals surface area contributed by atoms with Crippen molar-refractivity contribution in [2.45, 2.75) is 75.0 Å². The SMILES string of the molecule is CC(C)Cc1ccccc1C(C)(O)CC(F)(F)C(F)(F)C(F)(F)C(F)(F)C(F)(F)C(F)(F)F. The Labute approximate surface area is 179 Å². The van der Waals surface area contributed by atoms with E-state index in [0.717, 1.165) is 12.1 Å². The smallest absolute Gasteiger partial charge is 0.385 e. The Morgan fingerprint density at radius 2 is 1.12 bits per heavy atom. The van der Waals surface area contributed by atoms with Gasteiger partial charge in [0.05, 0.1) is 12.0 Å². The van der Waals surface area contributed by atoms with Crippen LogP contribution in [0.5, 0.6) is 0 Å². The first-order valence-corrected chi connectivity index (χ1v) is 9.13. The molecule has 1 rings (SSSR count). The van der Waals surface area contributed by atoms with Gasteiger partial charge in [-0.15, -0.1) is 0 Å². The van der Waals surface area contributed by atoms with Crippen LogP contribution in [0.4, 0.5) is 57.1 Å². The lowest BCUT2D eigenvalue weighted by Crippen LogP contribution is -2.70. The van der Waals surface area contributed by atoms with E-state index in [0.29, 0.717) is 6.92 Å². The van der Waals surface area contributed by atoms with Crippen LogP contribution < -0.4 is 0 Å². The quantitative estimate of drug-likeness (QED) is 0.348. The molecule has 33 heavy (non-hydrogen) atoms. The normalized spacial score (nSPS) is 16.8. The van der Waals surface area contributed by atoms with E-state index in [1.807, 2.05) is 0 Å². The van der Waals surface area contributed by atoms with Crippen LogP contribution in [0.15, 0.2) is 24.3 Å². The molecule has 1 N–H and O–H groups in total. The first-order chi connectivity index (χ1) is 14.4. The average molecular weight is 510 g/mol. The summed E-state index contributed by atoms with van der Waals surface area (Å²) >= 11 is 0. The summed E-state index contributed by atoms with van der Waals surface area (Å²) in [5, 5.41) is 10.4. The molecule has 0 radical (unpaired) electrons. The van der Waals surface area contributed by atoms with Gasteiger partial charge in [-0.2, -0.15) is 57.1 Å². The minimum absolute atomic E-state index is 0.0698. The van der Waals surface area contributed by atoms with Crippen LogP contribution in [0.3, 0.4) is 0 Å². The zero-order chi connectivity index (χ0) is 26.5. The van der Waals surface area contributed by atoms with Gasteiger partial charge < -0.3 is 5.11 Å². The molecule has 1 unspecified atom stereocenters. The van der Waals surface area contributed by atoms with E-state index in [9.17, 15) is 62.2 Å². The predicted molar refractivity (Wildman–Crippen MR) is 90.0 cm³/mol. The van der Waals surface area contributed by atoms with Crippen LogP contribution in [0, 0.1) is 5.92 Å². The van der Waals surface area contributed by atoms with Gasteiger partial charge in [-0.1, -0.05) is 38.1 Å². The van der Waals surface area contributed by atoms with Gasteiger partial charge in [-0.05, 0) is 30.4 Å². The van der Waals surface area contributed by atoms with Crippen LogP contribution in [-0.2, 0) is 12.0 Å². The van der Waals surface area contributed by atoms with Crippen LogP contribution in [0.1, 0.15) is 38.3 Å². The molecule has 0 heterocycles. The molecular formula is C19H19F13O. The summed E-state index contributed by atoms with van der Waals surface area (Å²) < 4.78 is 173. The third-order valence-electron chi connectivity index (χ3n) is 4.79. The summed E-state index contributed by atoms with van der Waals surface area (Å²) in [5.74, 6) is -37.6. The third kappa shape index (κ3) is 4.90. The molecule has 0 saturated carbocycles. The molecule has 1 atom stereocenters. The van der Waals surface area contributed by atoms with Crippen molar-refractivity contribution < 1.29 is 62.2 Å². The van der Waals surface area contributed by atoms with E-state index in [2.05, 4.69) is 0 Å². The molecule has 0 amide bonds. The lowest BCUT2D eigenvalue weighted by atomic mass is 9.81. The van der Waals surface area contributed by atoms with E-state index < -0.39 is 53.4 Å². The summed E-state index contributed by atoms with van der Waals surface area (Å²) in [5.41, 5.74) is -3.49. The number of halogens is 13. The highest BCUT2D eigenvalue weighted by Gasteiger charge is 2.90. The fourth-order valence-electron chi connectivity index (χ4n) is 3.10. The first-order valence-electron chi connectivity index (χ1n) is 9.13. The number of aliphatic hydroxyl groups is 1. The molecule has 14 heteroatoms. The molecule has 0 aliphatic heterocycles. The highest BCUT2D eigenvalue weighted by molar-refractivity contribution is 5.33. The van der Waals surface area contributed by atoms with Crippen molar-refractivity contribution in [2.24, 2.45) is 5.92 Å². The van der Waals surface area contributed by atoms with E-state index in [-0.39, 0.29) is 17.9 Å². The fourth-order valence-corrected chi connectivity index (χ4v) is 3.10. The summed E-state index contributed by atoms with van der Waals surface area (Å²) in [6.45, 7) is 3.73. The maximum atomic E-state index is 14.2. The van der Waals surface area contributed by atoms with Crippen LogP contribution in [0.25, 0.3) is 0 Å². The van der Waals surface area contributed by atoms with Gasteiger partial charge >= 0.3 is 35.8 Å². The lowest BCUT2D eigenvalue weighted by molar-refractivity contribution is -0.441. The van der Waals surface area contributed by atoms with Crippen molar-refractivity contribution in [3.05, 3.63) is 35.4 Å². The van der Waals surface area contributed by atoms with E-state index in [4.69, 9.17) is 0 Å². The standard InChI is InChI=1S/C19H19F13O/c1-10(2)8-11-6-4-5-7-12(11)13(3,33)9-14(20,21)15(22,23)16(24,25)17(26,27)18(28,29)19(30,31)32/h4-7,10,33H,8-9H2,1-3H3. The predicted octanol–water partition coefficient (Wildman–Crippen LogP) is 7.22. The zero-order valence-corrected chi connectivity index (χ0v) is 17.2. The third-order valence-corrected chi connectivity index (χ3v) is 4.79. The van der Waals surface area contributed by atoms with Crippen molar-refractivity contribution in [3.8, 4) is 0 Å². The topological polar surface area (TPSA) is 20.2 Å². The van der Waals surface area contributed by atoms with E-state index in [1.54, 1.807) is 13.8 Å². The minimum atomic E-state index is -7.97. The Morgan fingerprint density at radius 1 is 0.697 bits per heavy atom. The maximum absolute atomic E-state index is 14.2. The number of hydrogen-bond acceptors (Lipinski definition) is 1.